The normalized spacial score (nSPS) is 19.8. The lowest BCUT2D eigenvalue weighted by Crippen LogP contribution is -2.51. The highest BCUT2D eigenvalue weighted by Crippen LogP contribution is 2.36. The minimum Gasteiger partial charge on any atom is -0.389 e. The monoisotopic (exact) mass is 270 g/mol. The van der Waals surface area contributed by atoms with E-state index >= 15 is 0 Å². The smallest absolute Gasteiger partial charge is 0.230 e. The standard InChI is InChI=1S/C15H30N2O2/c1-4-17(12-14(2,3)19)13(18)15(11-16)9-7-5-6-8-10-15/h19H,4-12,16H2,1-3H3. The van der Waals surface area contributed by atoms with Gasteiger partial charge in [0.15, 0.2) is 0 Å². The zero-order valence-electron chi connectivity index (χ0n) is 12.7. The van der Waals surface area contributed by atoms with Crippen molar-refractivity contribution in [2.24, 2.45) is 11.1 Å². The molecule has 0 aromatic heterocycles. The molecule has 0 unspecified atom stereocenters. The van der Waals surface area contributed by atoms with Gasteiger partial charge in [0.2, 0.25) is 5.91 Å². The summed E-state index contributed by atoms with van der Waals surface area (Å²) in [5.74, 6) is 0.140. The number of aliphatic hydroxyl groups is 1. The maximum Gasteiger partial charge on any atom is 0.230 e. The number of amides is 1. The van der Waals surface area contributed by atoms with E-state index in [1.54, 1.807) is 18.7 Å². The van der Waals surface area contributed by atoms with Crippen LogP contribution in [0.1, 0.15) is 59.3 Å². The third-order valence-electron chi connectivity index (χ3n) is 4.15. The Kier molecular flexibility index (Phi) is 5.81. The van der Waals surface area contributed by atoms with Gasteiger partial charge < -0.3 is 15.7 Å². The molecule has 4 heteroatoms. The molecule has 0 aromatic carbocycles. The highest BCUT2D eigenvalue weighted by Gasteiger charge is 2.40. The highest BCUT2D eigenvalue weighted by molar-refractivity contribution is 5.83. The predicted molar refractivity (Wildman–Crippen MR) is 77.7 cm³/mol. The molecular formula is C15H30N2O2. The van der Waals surface area contributed by atoms with Gasteiger partial charge in [-0.1, -0.05) is 25.7 Å². The number of likely N-dealkylation sites (N-methyl/N-ethyl adjacent to an activating group) is 1. The number of nitrogens with zero attached hydrogens (tertiary/aromatic N) is 1. The zero-order chi connectivity index (χ0) is 14.5. The summed E-state index contributed by atoms with van der Waals surface area (Å²) in [6.45, 7) is 6.88. The Morgan fingerprint density at radius 1 is 1.26 bits per heavy atom. The van der Waals surface area contributed by atoms with E-state index in [4.69, 9.17) is 5.73 Å². The van der Waals surface area contributed by atoms with Crippen LogP contribution in [0.4, 0.5) is 0 Å². The van der Waals surface area contributed by atoms with Crippen molar-refractivity contribution in [3.05, 3.63) is 0 Å². The van der Waals surface area contributed by atoms with Crippen LogP contribution in [-0.4, -0.2) is 41.1 Å². The minimum absolute atomic E-state index is 0.140. The van der Waals surface area contributed by atoms with Crippen LogP contribution in [0.15, 0.2) is 0 Å². The molecule has 3 N–H and O–H groups in total. The van der Waals surface area contributed by atoms with Gasteiger partial charge in [-0.15, -0.1) is 0 Å². The molecule has 112 valence electrons. The van der Waals surface area contributed by atoms with E-state index in [0.29, 0.717) is 19.6 Å². The van der Waals surface area contributed by atoms with Crippen LogP contribution < -0.4 is 5.73 Å². The van der Waals surface area contributed by atoms with Gasteiger partial charge in [-0.05, 0) is 33.6 Å². The second-order valence-electron chi connectivity index (χ2n) is 6.53. The summed E-state index contributed by atoms with van der Waals surface area (Å²) >= 11 is 0. The van der Waals surface area contributed by atoms with Crippen molar-refractivity contribution in [1.82, 2.24) is 4.90 Å². The number of hydrogen-bond acceptors (Lipinski definition) is 3. The van der Waals surface area contributed by atoms with Gasteiger partial charge in [-0.3, -0.25) is 4.79 Å². The van der Waals surface area contributed by atoms with Gasteiger partial charge in [0, 0.05) is 19.6 Å². The van der Waals surface area contributed by atoms with Crippen molar-refractivity contribution in [3.63, 3.8) is 0 Å². The Balaban J connectivity index is 2.85. The molecule has 1 rings (SSSR count). The minimum atomic E-state index is -0.855. The van der Waals surface area contributed by atoms with E-state index in [2.05, 4.69) is 0 Å². The third-order valence-corrected chi connectivity index (χ3v) is 4.15. The fourth-order valence-electron chi connectivity index (χ4n) is 3.04. The molecule has 0 aliphatic heterocycles. The number of carbonyl (C=O) groups excluding carboxylic acids is 1. The number of nitrogens with two attached hydrogens (primary N) is 1. The maximum absolute atomic E-state index is 12.8. The average Bonchev–Trinajstić information content (AvgIpc) is 2.60. The number of carbonyl (C=O) groups is 1. The first kappa shape index (κ1) is 16.4. The van der Waals surface area contributed by atoms with Crippen molar-refractivity contribution < 1.29 is 9.90 Å². The van der Waals surface area contributed by atoms with E-state index in [1.165, 1.54) is 12.8 Å². The molecule has 1 amide bonds. The largest absolute Gasteiger partial charge is 0.389 e. The molecule has 0 atom stereocenters. The Labute approximate surface area is 117 Å². The molecule has 1 fully saturated rings. The van der Waals surface area contributed by atoms with Crippen LogP contribution in [0.2, 0.25) is 0 Å². The molecular weight excluding hydrogens is 240 g/mol. The van der Waals surface area contributed by atoms with Crippen molar-refractivity contribution in [1.29, 1.82) is 0 Å². The first-order chi connectivity index (χ1) is 8.84. The summed E-state index contributed by atoms with van der Waals surface area (Å²) in [6.07, 6.45) is 6.36. The molecule has 0 radical (unpaired) electrons. The third kappa shape index (κ3) is 4.46. The Morgan fingerprint density at radius 3 is 2.16 bits per heavy atom. The van der Waals surface area contributed by atoms with Crippen LogP contribution in [0.3, 0.4) is 0 Å². The quantitative estimate of drug-likeness (QED) is 0.750. The molecule has 1 saturated carbocycles. The fourth-order valence-corrected chi connectivity index (χ4v) is 3.04. The van der Waals surface area contributed by atoms with Crippen LogP contribution in [0.5, 0.6) is 0 Å². The molecule has 0 heterocycles. The first-order valence-electron chi connectivity index (χ1n) is 7.56. The average molecular weight is 270 g/mol. The Hall–Kier alpha value is -0.610. The number of hydrogen-bond donors (Lipinski definition) is 2. The van der Waals surface area contributed by atoms with Crippen LogP contribution in [0, 0.1) is 5.41 Å². The molecule has 0 saturated heterocycles. The summed E-state index contributed by atoms with van der Waals surface area (Å²) in [6, 6.07) is 0. The first-order valence-corrected chi connectivity index (χ1v) is 7.56. The molecule has 0 aromatic rings. The van der Waals surface area contributed by atoms with E-state index < -0.39 is 11.0 Å². The highest BCUT2D eigenvalue weighted by atomic mass is 16.3. The molecule has 4 nitrogen and oxygen atoms in total. The van der Waals surface area contributed by atoms with Crippen LogP contribution in [0.25, 0.3) is 0 Å². The van der Waals surface area contributed by atoms with E-state index in [0.717, 1.165) is 25.7 Å². The van der Waals surface area contributed by atoms with Gasteiger partial charge in [-0.2, -0.15) is 0 Å². The Morgan fingerprint density at radius 2 is 1.79 bits per heavy atom. The van der Waals surface area contributed by atoms with Crippen molar-refractivity contribution in [2.75, 3.05) is 19.6 Å². The fraction of sp³-hybridized carbons (Fsp3) is 0.933. The number of rotatable bonds is 5. The Bertz CT molecular complexity index is 289. The summed E-state index contributed by atoms with van der Waals surface area (Å²) in [4.78, 5) is 14.6. The van der Waals surface area contributed by atoms with E-state index in [9.17, 15) is 9.90 Å². The zero-order valence-corrected chi connectivity index (χ0v) is 12.7. The molecule has 0 spiro atoms. The molecule has 0 bridgehead atoms. The lowest BCUT2D eigenvalue weighted by molar-refractivity contribution is -0.145. The van der Waals surface area contributed by atoms with Crippen molar-refractivity contribution >= 4 is 5.91 Å². The van der Waals surface area contributed by atoms with Crippen molar-refractivity contribution in [2.45, 2.75) is 64.9 Å². The lowest BCUT2D eigenvalue weighted by Gasteiger charge is -2.37. The summed E-state index contributed by atoms with van der Waals surface area (Å²) in [5, 5.41) is 9.95. The van der Waals surface area contributed by atoms with Gasteiger partial charge in [-0.25, -0.2) is 0 Å². The summed E-state index contributed by atoms with van der Waals surface area (Å²) < 4.78 is 0. The van der Waals surface area contributed by atoms with Crippen LogP contribution >= 0.6 is 0 Å². The van der Waals surface area contributed by atoms with Gasteiger partial charge in [0.25, 0.3) is 0 Å². The summed E-state index contributed by atoms with van der Waals surface area (Å²) in [5.41, 5.74) is 4.71. The van der Waals surface area contributed by atoms with Gasteiger partial charge >= 0.3 is 0 Å². The van der Waals surface area contributed by atoms with Gasteiger partial charge in [0.1, 0.15) is 0 Å². The second kappa shape index (κ2) is 6.71. The predicted octanol–water partition coefficient (Wildman–Crippen LogP) is 1.91. The maximum atomic E-state index is 12.8. The van der Waals surface area contributed by atoms with Crippen molar-refractivity contribution in [3.8, 4) is 0 Å². The SMILES string of the molecule is CCN(CC(C)(C)O)C(=O)C1(CN)CCCCCC1. The topological polar surface area (TPSA) is 66.6 Å². The van der Waals surface area contributed by atoms with Gasteiger partial charge in [0.05, 0.1) is 11.0 Å². The van der Waals surface area contributed by atoms with Crippen LogP contribution in [-0.2, 0) is 4.79 Å². The molecule has 19 heavy (non-hydrogen) atoms. The van der Waals surface area contributed by atoms with E-state index in [1.807, 2.05) is 6.92 Å². The molecule has 1 aliphatic carbocycles. The second-order valence-corrected chi connectivity index (χ2v) is 6.53. The molecule has 1 aliphatic rings. The van der Waals surface area contributed by atoms with E-state index in [-0.39, 0.29) is 5.91 Å². The summed E-state index contributed by atoms with van der Waals surface area (Å²) in [7, 11) is 0. The lowest BCUT2D eigenvalue weighted by atomic mass is 9.78.